The van der Waals surface area contributed by atoms with Crippen LogP contribution >= 0.6 is 0 Å². The van der Waals surface area contributed by atoms with Gasteiger partial charge in [0.15, 0.2) is 0 Å². The van der Waals surface area contributed by atoms with E-state index in [0.717, 1.165) is 6.92 Å². The molecule has 66 valence electrons. The molecule has 0 heterocycles. The van der Waals surface area contributed by atoms with E-state index in [1.807, 2.05) is 0 Å². The van der Waals surface area contributed by atoms with E-state index in [-0.39, 0.29) is 0 Å². The molecule has 1 amide bonds. The molecule has 0 fully saturated rings. The Morgan fingerprint density at radius 1 is 1.64 bits per heavy atom. The Morgan fingerprint density at radius 3 is 2.18 bits per heavy atom. The summed E-state index contributed by atoms with van der Waals surface area (Å²) in [6, 6.07) is -2.15. The molecule has 0 rings (SSSR count). The van der Waals surface area contributed by atoms with Crippen molar-refractivity contribution in [2.45, 2.75) is 19.1 Å². The molecule has 0 radical (unpaired) electrons. The maximum absolute atomic E-state index is 11.7. The zero-order chi connectivity index (χ0) is 9.07. The number of rotatable bonds is 2. The van der Waals surface area contributed by atoms with Crippen LogP contribution in [0.3, 0.4) is 0 Å². The Bertz CT molecular complexity index is 145. The van der Waals surface area contributed by atoms with E-state index in [1.165, 1.54) is 0 Å². The van der Waals surface area contributed by atoms with Crippen LogP contribution in [0.25, 0.3) is 0 Å². The van der Waals surface area contributed by atoms with Crippen LogP contribution in [0.1, 0.15) is 6.92 Å². The van der Waals surface area contributed by atoms with Gasteiger partial charge in [0, 0.05) is 6.92 Å². The van der Waals surface area contributed by atoms with Gasteiger partial charge in [-0.05, 0) is 0 Å². The third-order valence-electron chi connectivity index (χ3n) is 0.955. The summed E-state index contributed by atoms with van der Waals surface area (Å²) in [7, 11) is 0. The van der Waals surface area contributed by atoms with Gasteiger partial charge in [-0.3, -0.25) is 4.79 Å². The fourth-order valence-electron chi connectivity index (χ4n) is 0.476. The summed E-state index contributed by atoms with van der Waals surface area (Å²) in [5.41, 5.74) is 0. The maximum Gasteiger partial charge on any atom is 0.410 e. The molecule has 0 saturated heterocycles. The molecule has 0 aliphatic heterocycles. The van der Waals surface area contributed by atoms with E-state index in [2.05, 4.69) is 0 Å². The first-order valence-electron chi connectivity index (χ1n) is 2.82. The Kier molecular flexibility index (Phi) is 3.31. The van der Waals surface area contributed by atoms with Gasteiger partial charge < -0.3 is 10.4 Å². The van der Waals surface area contributed by atoms with E-state index in [1.54, 1.807) is 5.32 Å². The van der Waals surface area contributed by atoms with E-state index in [0.29, 0.717) is 0 Å². The fraction of sp³-hybridized carbons (Fsp3) is 0.800. The Labute approximate surface area is 61.2 Å². The third-order valence-corrected chi connectivity index (χ3v) is 0.955. The van der Waals surface area contributed by atoms with Gasteiger partial charge in [0.25, 0.3) is 0 Å². The quantitative estimate of drug-likeness (QED) is 0.616. The topological polar surface area (TPSA) is 49.3 Å². The largest absolute Gasteiger partial charge is 0.410 e. The van der Waals surface area contributed by atoms with Gasteiger partial charge in [-0.25, -0.2) is 0 Å². The number of amides is 1. The molecule has 2 N–H and O–H groups in total. The van der Waals surface area contributed by atoms with Gasteiger partial charge in [0.1, 0.15) is 6.04 Å². The lowest BCUT2D eigenvalue weighted by molar-refractivity contribution is -0.168. The molecular formula is C5H8F3NO2. The monoisotopic (exact) mass is 171 g/mol. The number of halogens is 3. The van der Waals surface area contributed by atoms with Crippen LogP contribution in [0.4, 0.5) is 13.2 Å². The normalized spacial score (nSPS) is 14.3. The molecule has 11 heavy (non-hydrogen) atoms. The van der Waals surface area contributed by atoms with Gasteiger partial charge in [0.05, 0.1) is 6.61 Å². The summed E-state index contributed by atoms with van der Waals surface area (Å²) in [6.45, 7) is -0.183. The third kappa shape index (κ3) is 3.82. The molecular weight excluding hydrogens is 163 g/mol. The Balaban J connectivity index is 4.07. The molecule has 1 unspecified atom stereocenters. The summed E-state index contributed by atoms with van der Waals surface area (Å²) in [5.74, 6) is -0.818. The van der Waals surface area contributed by atoms with Crippen LogP contribution < -0.4 is 5.32 Å². The lowest BCUT2D eigenvalue weighted by Crippen LogP contribution is -2.46. The molecule has 1 atom stereocenters. The minimum atomic E-state index is -4.58. The molecule has 6 heteroatoms. The molecule has 0 aromatic carbocycles. The number of hydrogen-bond acceptors (Lipinski definition) is 2. The predicted molar refractivity (Wildman–Crippen MR) is 30.7 cm³/mol. The van der Waals surface area contributed by atoms with Gasteiger partial charge in [0.2, 0.25) is 5.91 Å². The second-order valence-corrected chi connectivity index (χ2v) is 1.98. The smallest absolute Gasteiger partial charge is 0.394 e. The number of aliphatic hydroxyl groups is 1. The maximum atomic E-state index is 11.7. The van der Waals surface area contributed by atoms with Crippen molar-refractivity contribution in [2.24, 2.45) is 0 Å². The van der Waals surface area contributed by atoms with Crippen molar-refractivity contribution in [2.75, 3.05) is 6.61 Å². The van der Waals surface area contributed by atoms with Gasteiger partial charge in [-0.1, -0.05) is 0 Å². The van der Waals surface area contributed by atoms with E-state index >= 15 is 0 Å². The summed E-state index contributed by atoms with van der Waals surface area (Å²) < 4.78 is 35.1. The highest BCUT2D eigenvalue weighted by molar-refractivity contribution is 5.73. The molecule has 0 aromatic heterocycles. The highest BCUT2D eigenvalue weighted by Crippen LogP contribution is 2.19. The molecule has 0 bridgehead atoms. The van der Waals surface area contributed by atoms with Crippen LogP contribution in [0, 0.1) is 0 Å². The van der Waals surface area contributed by atoms with Crippen molar-refractivity contribution >= 4 is 5.91 Å². The standard InChI is InChI=1S/C5H8F3NO2/c1-3(11)9-4(2-10)5(6,7)8/h4,10H,2H2,1H3,(H,9,11). The minimum Gasteiger partial charge on any atom is -0.394 e. The summed E-state index contributed by atoms with van der Waals surface area (Å²) in [4.78, 5) is 10.1. The van der Waals surface area contributed by atoms with Gasteiger partial charge in [-0.15, -0.1) is 0 Å². The van der Waals surface area contributed by atoms with Crippen LogP contribution in [-0.4, -0.2) is 29.8 Å². The zero-order valence-electron chi connectivity index (χ0n) is 5.77. The Morgan fingerprint density at radius 2 is 2.09 bits per heavy atom. The fourth-order valence-corrected chi connectivity index (χ4v) is 0.476. The molecule has 0 aliphatic carbocycles. The number of nitrogens with one attached hydrogen (secondary N) is 1. The summed E-state index contributed by atoms with van der Waals surface area (Å²) in [5, 5.41) is 9.73. The Hall–Kier alpha value is -0.780. The molecule has 0 aromatic rings. The number of carbonyl (C=O) groups excluding carboxylic acids is 1. The first-order chi connectivity index (χ1) is 4.88. The van der Waals surface area contributed by atoms with Crippen LogP contribution in [0.5, 0.6) is 0 Å². The lowest BCUT2D eigenvalue weighted by Gasteiger charge is -2.17. The molecule has 0 aliphatic rings. The number of carbonyl (C=O) groups is 1. The van der Waals surface area contributed by atoms with Crippen molar-refractivity contribution < 1.29 is 23.1 Å². The minimum absolute atomic E-state index is 0.818. The van der Waals surface area contributed by atoms with Gasteiger partial charge in [-0.2, -0.15) is 13.2 Å². The highest BCUT2D eigenvalue weighted by atomic mass is 19.4. The average Bonchev–Trinajstić information content (AvgIpc) is 1.79. The summed E-state index contributed by atoms with van der Waals surface area (Å²) >= 11 is 0. The number of aliphatic hydroxyl groups excluding tert-OH is 1. The number of hydrogen-bond donors (Lipinski definition) is 2. The first kappa shape index (κ1) is 10.2. The second kappa shape index (κ2) is 3.56. The highest BCUT2D eigenvalue weighted by Gasteiger charge is 2.39. The van der Waals surface area contributed by atoms with Crippen molar-refractivity contribution in [3.05, 3.63) is 0 Å². The van der Waals surface area contributed by atoms with Crippen molar-refractivity contribution in [3.8, 4) is 0 Å². The van der Waals surface area contributed by atoms with E-state index in [4.69, 9.17) is 5.11 Å². The SMILES string of the molecule is CC(=O)NC(CO)C(F)(F)F. The van der Waals surface area contributed by atoms with Crippen molar-refractivity contribution in [1.82, 2.24) is 5.32 Å². The van der Waals surface area contributed by atoms with Crippen LogP contribution in [0.15, 0.2) is 0 Å². The molecule has 0 saturated carbocycles. The summed E-state index contributed by atoms with van der Waals surface area (Å²) in [6.07, 6.45) is -4.58. The zero-order valence-corrected chi connectivity index (χ0v) is 5.77. The van der Waals surface area contributed by atoms with Crippen LogP contribution in [-0.2, 0) is 4.79 Å². The predicted octanol–water partition coefficient (Wildman–Crippen LogP) is 0.0457. The molecule has 3 nitrogen and oxygen atoms in total. The van der Waals surface area contributed by atoms with Gasteiger partial charge >= 0.3 is 6.18 Å². The first-order valence-corrected chi connectivity index (χ1v) is 2.82. The lowest BCUT2D eigenvalue weighted by atomic mass is 10.3. The second-order valence-electron chi connectivity index (χ2n) is 1.98. The molecule has 0 spiro atoms. The van der Waals surface area contributed by atoms with Crippen LogP contribution in [0.2, 0.25) is 0 Å². The number of alkyl halides is 3. The van der Waals surface area contributed by atoms with E-state index in [9.17, 15) is 18.0 Å². The van der Waals surface area contributed by atoms with Crippen molar-refractivity contribution in [1.29, 1.82) is 0 Å². The van der Waals surface area contributed by atoms with Crippen molar-refractivity contribution in [3.63, 3.8) is 0 Å². The van der Waals surface area contributed by atoms with E-state index < -0.39 is 24.7 Å². The average molecular weight is 171 g/mol.